The zero-order valence-electron chi connectivity index (χ0n) is 11.8. The van der Waals surface area contributed by atoms with Crippen LogP contribution in [0.3, 0.4) is 0 Å². The molecule has 0 aliphatic carbocycles. The van der Waals surface area contributed by atoms with Crippen LogP contribution in [0.2, 0.25) is 5.02 Å². The van der Waals surface area contributed by atoms with Gasteiger partial charge in [0.25, 0.3) is 0 Å². The second kappa shape index (κ2) is 5.74. The zero-order valence-corrected chi connectivity index (χ0v) is 16.3. The molecule has 0 amide bonds. The van der Waals surface area contributed by atoms with Crippen LogP contribution >= 0.6 is 50.1 Å². The maximum Gasteiger partial charge on any atom is 0.123 e. The Morgan fingerprint density at radius 1 is 1.24 bits per heavy atom. The molecule has 2 aromatic carbocycles. The first-order valence-corrected chi connectivity index (χ1v) is 9.12. The van der Waals surface area contributed by atoms with E-state index in [4.69, 9.17) is 16.3 Å². The van der Waals surface area contributed by atoms with Crippen molar-refractivity contribution in [3.63, 3.8) is 0 Å². The molecule has 21 heavy (non-hydrogen) atoms. The van der Waals surface area contributed by atoms with Crippen molar-refractivity contribution >= 4 is 50.1 Å². The van der Waals surface area contributed by atoms with Crippen LogP contribution in [0.25, 0.3) is 0 Å². The Kier molecular flexibility index (Phi) is 4.27. The quantitative estimate of drug-likeness (QED) is 0.375. The molecular weight excluding hydrogens is 462 g/mol. The zero-order chi connectivity index (χ0) is 15.2. The summed E-state index contributed by atoms with van der Waals surface area (Å²) >= 11 is 12.3. The summed E-state index contributed by atoms with van der Waals surface area (Å²) in [7, 11) is 0. The monoisotopic (exact) mass is 476 g/mol. The fraction of sp³-hybridized carbons (Fsp3) is 0.294. The van der Waals surface area contributed by atoms with Gasteiger partial charge in [-0.2, -0.15) is 0 Å². The summed E-state index contributed by atoms with van der Waals surface area (Å²) in [6.07, 6.45) is 0. The number of hydrogen-bond acceptors (Lipinski definition) is 1. The van der Waals surface area contributed by atoms with Gasteiger partial charge in [0.2, 0.25) is 0 Å². The minimum Gasteiger partial charge on any atom is -0.492 e. The molecule has 0 fully saturated rings. The Balaban J connectivity index is 2.03. The minimum absolute atomic E-state index is 0.0690. The van der Waals surface area contributed by atoms with Gasteiger partial charge in [0, 0.05) is 19.6 Å². The molecule has 2 aromatic rings. The Bertz CT molecular complexity index is 699. The van der Waals surface area contributed by atoms with Crippen molar-refractivity contribution in [3.05, 3.63) is 61.7 Å². The van der Waals surface area contributed by atoms with Crippen molar-refractivity contribution in [1.82, 2.24) is 0 Å². The molecule has 3 rings (SSSR count). The van der Waals surface area contributed by atoms with E-state index in [1.807, 2.05) is 18.2 Å². The summed E-state index contributed by atoms with van der Waals surface area (Å²) < 4.78 is 6.96. The number of ether oxygens (including phenoxy) is 1. The number of alkyl halides is 1. The van der Waals surface area contributed by atoms with Gasteiger partial charge in [0.1, 0.15) is 5.75 Å². The van der Waals surface area contributed by atoms with Crippen LogP contribution in [0.15, 0.2) is 36.4 Å². The number of fused-ring (bicyclic) bond motifs is 1. The fourth-order valence-corrected chi connectivity index (χ4v) is 4.50. The molecule has 1 heterocycles. The molecule has 0 bridgehead atoms. The van der Waals surface area contributed by atoms with Gasteiger partial charge in [-0.05, 0) is 64.0 Å². The molecule has 110 valence electrons. The van der Waals surface area contributed by atoms with Crippen LogP contribution in [0, 0.1) is 3.57 Å². The Morgan fingerprint density at radius 2 is 2.00 bits per heavy atom. The van der Waals surface area contributed by atoms with Gasteiger partial charge >= 0.3 is 0 Å². The third-order valence-electron chi connectivity index (χ3n) is 3.85. The highest BCUT2D eigenvalue weighted by Gasteiger charge is 2.32. The molecule has 4 heteroatoms. The number of benzene rings is 2. The number of halogens is 3. The van der Waals surface area contributed by atoms with E-state index in [0.29, 0.717) is 0 Å². The van der Waals surface area contributed by atoms with E-state index in [9.17, 15) is 0 Å². The predicted octanol–water partition coefficient (Wildman–Crippen LogP) is 6.10. The first-order chi connectivity index (χ1) is 9.88. The van der Waals surface area contributed by atoms with Gasteiger partial charge in [-0.15, -0.1) is 0 Å². The second-order valence-electron chi connectivity index (χ2n) is 5.96. The van der Waals surface area contributed by atoms with E-state index in [2.05, 4.69) is 70.6 Å². The van der Waals surface area contributed by atoms with Crippen LogP contribution in [-0.4, -0.2) is 6.61 Å². The molecule has 1 aliphatic rings. The van der Waals surface area contributed by atoms with Crippen LogP contribution in [0.4, 0.5) is 0 Å². The van der Waals surface area contributed by atoms with Gasteiger partial charge in [-0.1, -0.05) is 47.4 Å². The fourth-order valence-electron chi connectivity index (χ4n) is 2.58. The highest BCUT2D eigenvalue weighted by Crippen LogP contribution is 2.42. The molecule has 1 nitrogen and oxygen atoms in total. The Hall–Kier alpha value is -0.260. The van der Waals surface area contributed by atoms with Crippen LogP contribution in [0.1, 0.15) is 35.4 Å². The number of hydrogen-bond donors (Lipinski definition) is 0. The van der Waals surface area contributed by atoms with Gasteiger partial charge in [-0.25, -0.2) is 0 Å². The largest absolute Gasteiger partial charge is 0.492 e. The lowest BCUT2D eigenvalue weighted by Crippen LogP contribution is -2.18. The summed E-state index contributed by atoms with van der Waals surface area (Å²) in [6.45, 7) is 5.18. The van der Waals surface area contributed by atoms with E-state index >= 15 is 0 Å². The highest BCUT2D eigenvalue weighted by atomic mass is 127. The lowest BCUT2D eigenvalue weighted by atomic mass is 9.85. The molecule has 1 aliphatic heterocycles. The minimum atomic E-state index is 0.0690. The Morgan fingerprint density at radius 3 is 2.76 bits per heavy atom. The van der Waals surface area contributed by atoms with Crippen molar-refractivity contribution in [2.45, 2.75) is 24.1 Å². The molecule has 0 N–H and O–H groups in total. The predicted molar refractivity (Wildman–Crippen MR) is 99.9 cm³/mol. The molecule has 0 radical (unpaired) electrons. The van der Waals surface area contributed by atoms with Gasteiger partial charge in [0.05, 0.1) is 11.4 Å². The summed E-state index contributed by atoms with van der Waals surface area (Å²) in [5.41, 5.74) is 3.77. The van der Waals surface area contributed by atoms with Crippen molar-refractivity contribution in [1.29, 1.82) is 0 Å². The van der Waals surface area contributed by atoms with Crippen molar-refractivity contribution in [2.75, 3.05) is 6.61 Å². The molecular formula is C17H15BrClIO. The van der Waals surface area contributed by atoms with E-state index in [-0.39, 0.29) is 10.2 Å². The molecule has 0 saturated heterocycles. The van der Waals surface area contributed by atoms with Gasteiger partial charge in [-0.3, -0.25) is 0 Å². The first kappa shape index (κ1) is 15.6. The van der Waals surface area contributed by atoms with Crippen LogP contribution in [-0.2, 0) is 5.41 Å². The van der Waals surface area contributed by atoms with E-state index in [1.54, 1.807) is 0 Å². The van der Waals surface area contributed by atoms with Crippen molar-refractivity contribution < 1.29 is 4.74 Å². The number of rotatable bonds is 2. The van der Waals surface area contributed by atoms with Crippen LogP contribution < -0.4 is 4.74 Å². The Labute approximate surface area is 152 Å². The third kappa shape index (κ3) is 2.97. The van der Waals surface area contributed by atoms with Crippen molar-refractivity contribution in [3.8, 4) is 5.75 Å². The standard InChI is InChI=1S/C17H15BrClIO/c1-17(2)9-21-15-6-3-10(7-13(15)17)16(18)12-8-11(19)4-5-14(12)20/h3-8,16H,9H2,1-2H3. The smallest absolute Gasteiger partial charge is 0.123 e. The van der Waals surface area contributed by atoms with E-state index < -0.39 is 0 Å². The van der Waals surface area contributed by atoms with E-state index in [0.717, 1.165) is 17.4 Å². The topological polar surface area (TPSA) is 9.23 Å². The second-order valence-corrected chi connectivity index (χ2v) is 8.47. The van der Waals surface area contributed by atoms with Gasteiger partial charge < -0.3 is 4.74 Å². The molecule has 1 atom stereocenters. The third-order valence-corrected chi connectivity index (χ3v) is 6.08. The molecule has 1 unspecified atom stereocenters. The molecule has 0 saturated carbocycles. The summed E-state index contributed by atoms with van der Waals surface area (Å²) in [4.78, 5) is 0.129. The average molecular weight is 478 g/mol. The van der Waals surface area contributed by atoms with Crippen molar-refractivity contribution in [2.24, 2.45) is 0 Å². The molecule has 0 spiro atoms. The van der Waals surface area contributed by atoms with Gasteiger partial charge in [0.15, 0.2) is 0 Å². The summed E-state index contributed by atoms with van der Waals surface area (Å²) in [5.74, 6) is 1.00. The lowest BCUT2D eigenvalue weighted by Gasteiger charge is -2.18. The highest BCUT2D eigenvalue weighted by molar-refractivity contribution is 14.1. The lowest BCUT2D eigenvalue weighted by molar-refractivity contribution is 0.291. The van der Waals surface area contributed by atoms with E-state index in [1.165, 1.54) is 20.3 Å². The summed E-state index contributed by atoms with van der Waals surface area (Å²) in [5, 5.41) is 0.764. The summed E-state index contributed by atoms with van der Waals surface area (Å²) in [6, 6.07) is 12.4. The SMILES string of the molecule is CC1(C)COc2ccc(C(Br)c3cc(Cl)ccc3I)cc21. The molecule has 0 aromatic heterocycles. The maximum absolute atomic E-state index is 6.14. The maximum atomic E-state index is 6.14. The average Bonchev–Trinajstić information content (AvgIpc) is 2.76. The normalized spacial score (nSPS) is 17.2. The first-order valence-electron chi connectivity index (χ1n) is 6.75. The van der Waals surface area contributed by atoms with Crippen LogP contribution in [0.5, 0.6) is 5.75 Å².